The van der Waals surface area contributed by atoms with Gasteiger partial charge < -0.3 is 0 Å². The number of carbonyl (C=O) groups is 4. The zero-order valence-electron chi connectivity index (χ0n) is 23.5. The van der Waals surface area contributed by atoms with Gasteiger partial charge in [-0.1, -0.05) is 26.0 Å². The number of hydrogen-bond acceptors (Lipinski definition) is 5. The lowest BCUT2D eigenvalue weighted by molar-refractivity contribution is 0.0532. The van der Waals surface area contributed by atoms with E-state index in [9.17, 15) is 24.4 Å². The predicted molar refractivity (Wildman–Crippen MR) is 159 cm³/mol. The van der Waals surface area contributed by atoms with E-state index in [2.05, 4.69) is 10.9 Å². The van der Waals surface area contributed by atoms with Crippen molar-refractivity contribution in [1.29, 1.82) is 5.26 Å². The number of fused-ring (bicyclic) bond motifs is 2. The van der Waals surface area contributed by atoms with Gasteiger partial charge in [0.1, 0.15) is 0 Å². The third-order valence-electron chi connectivity index (χ3n) is 9.18. The van der Waals surface area contributed by atoms with Crippen molar-refractivity contribution in [2.24, 2.45) is 0 Å². The quantitative estimate of drug-likeness (QED) is 0.104. The van der Waals surface area contributed by atoms with Crippen LogP contribution in [0, 0.1) is 17.9 Å². The molecule has 0 radical (unpaired) electrons. The third kappa shape index (κ3) is 2.89. The van der Waals surface area contributed by atoms with Crippen LogP contribution >= 0.6 is 0 Å². The SMILES string of the molecule is [C-]#[N+]c1cc2c3c(ccc4c5c(C#N)cc6c7c(ccc(c1c34)c75)C(=O)N(C(C)CC)C6=O)C(=O)N(C(C)CC)C2=O. The van der Waals surface area contributed by atoms with E-state index in [1.807, 2.05) is 27.7 Å². The van der Waals surface area contributed by atoms with E-state index in [1.165, 1.54) is 9.80 Å². The van der Waals surface area contributed by atoms with E-state index in [0.29, 0.717) is 67.1 Å². The number of hydrogen-bond donors (Lipinski definition) is 0. The van der Waals surface area contributed by atoms with Crippen LogP contribution in [0.3, 0.4) is 0 Å². The molecule has 0 saturated carbocycles. The molecule has 0 spiro atoms. The molecule has 2 heterocycles. The molecule has 7 rings (SSSR count). The molecule has 2 aliphatic rings. The topological polar surface area (TPSA) is 103 Å². The molecular formula is C34H24N4O4. The van der Waals surface area contributed by atoms with Crippen molar-refractivity contribution in [3.63, 3.8) is 0 Å². The van der Waals surface area contributed by atoms with Gasteiger partial charge in [-0.25, -0.2) is 4.85 Å². The Hall–Kier alpha value is -5.34. The minimum Gasteiger partial charge on any atom is -0.272 e. The van der Waals surface area contributed by atoms with Gasteiger partial charge in [-0.2, -0.15) is 5.26 Å². The normalized spacial score (nSPS) is 16.1. The van der Waals surface area contributed by atoms with E-state index in [-0.39, 0.29) is 34.5 Å². The zero-order chi connectivity index (χ0) is 29.8. The summed E-state index contributed by atoms with van der Waals surface area (Å²) >= 11 is 0. The highest BCUT2D eigenvalue weighted by Gasteiger charge is 2.40. The van der Waals surface area contributed by atoms with Crippen molar-refractivity contribution in [1.82, 2.24) is 9.80 Å². The van der Waals surface area contributed by atoms with Gasteiger partial charge in [-0.05, 0) is 77.9 Å². The van der Waals surface area contributed by atoms with Crippen LogP contribution < -0.4 is 0 Å². The van der Waals surface area contributed by atoms with Crippen molar-refractivity contribution >= 4 is 72.4 Å². The first-order valence-corrected chi connectivity index (χ1v) is 14.0. The van der Waals surface area contributed by atoms with Crippen LogP contribution in [-0.2, 0) is 0 Å². The van der Waals surface area contributed by atoms with Gasteiger partial charge in [0.2, 0.25) is 0 Å². The van der Waals surface area contributed by atoms with Gasteiger partial charge in [0, 0.05) is 44.9 Å². The smallest absolute Gasteiger partial charge is 0.261 e. The number of benzene rings is 5. The van der Waals surface area contributed by atoms with Crippen molar-refractivity contribution in [3.05, 3.63) is 75.6 Å². The molecule has 2 aliphatic heterocycles. The van der Waals surface area contributed by atoms with Crippen LogP contribution in [0.1, 0.15) is 87.5 Å². The van der Waals surface area contributed by atoms with Crippen molar-refractivity contribution in [2.75, 3.05) is 0 Å². The summed E-state index contributed by atoms with van der Waals surface area (Å²) in [5, 5.41) is 14.6. The molecule has 0 aliphatic carbocycles. The maximum atomic E-state index is 13.8. The molecule has 0 saturated heterocycles. The molecule has 2 atom stereocenters. The van der Waals surface area contributed by atoms with Crippen LogP contribution in [0.5, 0.6) is 0 Å². The van der Waals surface area contributed by atoms with Crippen molar-refractivity contribution in [3.8, 4) is 6.07 Å². The second kappa shape index (κ2) is 8.58. The summed E-state index contributed by atoms with van der Waals surface area (Å²) in [6, 6.07) is 11.6. The Morgan fingerprint density at radius 1 is 0.690 bits per heavy atom. The zero-order valence-corrected chi connectivity index (χ0v) is 23.5. The molecule has 8 nitrogen and oxygen atoms in total. The summed E-state index contributed by atoms with van der Waals surface area (Å²) in [6.07, 6.45) is 1.16. The van der Waals surface area contributed by atoms with Gasteiger partial charge in [0.15, 0.2) is 5.69 Å². The minimum absolute atomic E-state index is 0.224. The summed E-state index contributed by atoms with van der Waals surface area (Å²) in [6.45, 7) is 15.5. The first-order valence-electron chi connectivity index (χ1n) is 14.0. The number of amides is 4. The van der Waals surface area contributed by atoms with Gasteiger partial charge >= 0.3 is 0 Å². The first-order chi connectivity index (χ1) is 20.2. The largest absolute Gasteiger partial charge is 0.272 e. The predicted octanol–water partition coefficient (Wildman–Crippen LogP) is 6.95. The Morgan fingerprint density at radius 3 is 1.62 bits per heavy atom. The summed E-state index contributed by atoms with van der Waals surface area (Å²) in [7, 11) is 0. The van der Waals surface area contributed by atoms with Gasteiger partial charge in [-0.15, -0.1) is 0 Å². The second-order valence-corrected chi connectivity index (χ2v) is 11.2. The fourth-order valence-electron chi connectivity index (χ4n) is 6.83. The molecule has 0 aromatic heterocycles. The van der Waals surface area contributed by atoms with Crippen LogP contribution in [0.4, 0.5) is 5.69 Å². The lowest BCUT2D eigenvalue weighted by Gasteiger charge is -2.33. The first kappa shape index (κ1) is 25.6. The standard InChI is InChI=1S/C34H24N4O4/c1-6-15(3)37-31(39)20-11-9-19-28-24(36-5)13-23-27-21(32(40)38(34(23)42)16(4)7-2)10-8-18(30(27)28)25-17(14-35)12-22(33(37)41)26(20)29(19)25/h8-13,15-16H,6-7H2,1-4H3. The highest BCUT2D eigenvalue weighted by atomic mass is 16.2. The lowest BCUT2D eigenvalue weighted by atomic mass is 9.80. The second-order valence-electron chi connectivity index (χ2n) is 11.2. The Bertz CT molecular complexity index is 2060. The molecule has 0 fully saturated rings. The fraction of sp³-hybridized carbons (Fsp3) is 0.235. The van der Waals surface area contributed by atoms with Crippen molar-refractivity contribution in [2.45, 2.75) is 52.6 Å². The molecule has 8 heteroatoms. The summed E-state index contributed by atoms with van der Waals surface area (Å²) < 4.78 is 0. The maximum absolute atomic E-state index is 13.8. The van der Waals surface area contributed by atoms with Crippen LogP contribution in [0.15, 0.2) is 36.4 Å². The van der Waals surface area contributed by atoms with Gasteiger partial charge in [-0.3, -0.25) is 29.0 Å². The molecule has 2 unspecified atom stereocenters. The highest BCUT2D eigenvalue weighted by molar-refractivity contribution is 6.43. The molecule has 42 heavy (non-hydrogen) atoms. The van der Waals surface area contributed by atoms with E-state index in [4.69, 9.17) is 6.57 Å². The third-order valence-corrected chi connectivity index (χ3v) is 9.18. The van der Waals surface area contributed by atoms with E-state index < -0.39 is 23.6 Å². The molecule has 204 valence electrons. The molecule has 0 bridgehead atoms. The summed E-state index contributed by atoms with van der Waals surface area (Å²) in [5.41, 5.74) is 1.75. The van der Waals surface area contributed by atoms with Crippen LogP contribution in [0.25, 0.3) is 47.9 Å². The minimum atomic E-state index is -0.454. The van der Waals surface area contributed by atoms with E-state index >= 15 is 0 Å². The number of nitrogens with zero attached hydrogens (tertiary/aromatic N) is 4. The molecule has 5 aromatic rings. The molecule has 4 amide bonds. The van der Waals surface area contributed by atoms with Crippen LogP contribution in [0.2, 0.25) is 0 Å². The average Bonchev–Trinajstić information content (AvgIpc) is 3.00. The van der Waals surface area contributed by atoms with E-state index in [1.54, 1.807) is 36.4 Å². The van der Waals surface area contributed by atoms with Crippen molar-refractivity contribution < 1.29 is 19.2 Å². The fourth-order valence-corrected chi connectivity index (χ4v) is 6.83. The monoisotopic (exact) mass is 552 g/mol. The molecule has 5 aromatic carbocycles. The van der Waals surface area contributed by atoms with E-state index in [0.717, 1.165) is 0 Å². The van der Waals surface area contributed by atoms with Gasteiger partial charge in [0.25, 0.3) is 23.6 Å². The maximum Gasteiger partial charge on any atom is 0.261 e. The number of imide groups is 2. The Kier molecular flexibility index (Phi) is 5.23. The summed E-state index contributed by atoms with van der Waals surface area (Å²) in [5.74, 6) is -1.70. The van der Waals surface area contributed by atoms with Gasteiger partial charge in [0.05, 0.1) is 23.8 Å². The average molecular weight is 553 g/mol. The number of nitriles is 1. The lowest BCUT2D eigenvalue weighted by Crippen LogP contribution is -2.45. The van der Waals surface area contributed by atoms with Crippen LogP contribution in [-0.4, -0.2) is 45.5 Å². The summed E-state index contributed by atoms with van der Waals surface area (Å²) in [4.78, 5) is 61.2. The number of rotatable bonds is 4. The molecular weight excluding hydrogens is 528 g/mol. The Labute approximate surface area is 240 Å². The highest BCUT2D eigenvalue weighted by Crippen LogP contribution is 2.50. The Balaban J connectivity index is 1.71. The molecule has 0 N–H and O–H groups in total. The Morgan fingerprint density at radius 2 is 1.14 bits per heavy atom. The number of carbonyl (C=O) groups excluding carboxylic acids is 4.